The van der Waals surface area contributed by atoms with Crippen LogP contribution in [0.15, 0.2) is 54.6 Å². The normalized spacial score (nSPS) is 13.0. The van der Waals surface area contributed by atoms with E-state index in [-0.39, 0.29) is 22.4 Å². The molecule has 2 aromatic carbocycles. The Labute approximate surface area is 165 Å². The van der Waals surface area contributed by atoms with E-state index in [9.17, 15) is 35.1 Å². The Kier molecular flexibility index (Phi) is 5.40. The molecule has 0 amide bonds. The fourth-order valence-electron chi connectivity index (χ4n) is 3.15. The second-order valence-electron chi connectivity index (χ2n) is 6.37. The fourth-order valence-corrected chi connectivity index (χ4v) is 3.15. The molecule has 1 heterocycles. The zero-order valence-electron chi connectivity index (χ0n) is 15.1. The van der Waals surface area contributed by atoms with Crippen LogP contribution in [-0.4, -0.2) is 24.4 Å². The molecule has 0 unspecified atom stereocenters. The number of aromatic nitrogens is 1. The minimum absolute atomic E-state index is 0.0773. The van der Waals surface area contributed by atoms with Gasteiger partial charge in [-0.25, -0.2) is 8.78 Å². The van der Waals surface area contributed by atoms with Gasteiger partial charge >= 0.3 is 12.4 Å². The zero-order chi connectivity index (χ0) is 22.3. The van der Waals surface area contributed by atoms with Crippen LogP contribution in [0.1, 0.15) is 5.69 Å². The molecule has 30 heavy (non-hydrogen) atoms. The summed E-state index contributed by atoms with van der Waals surface area (Å²) in [6.07, 6.45) is -11.7. The topological polar surface area (TPSA) is 25.0 Å². The van der Waals surface area contributed by atoms with Gasteiger partial charge in [0.25, 0.3) is 5.60 Å². The molecule has 0 atom stereocenters. The highest BCUT2D eigenvalue weighted by atomic mass is 19.4. The molecule has 0 radical (unpaired) electrons. The van der Waals surface area contributed by atoms with E-state index in [4.69, 9.17) is 0 Å². The number of benzene rings is 2. The van der Waals surface area contributed by atoms with Gasteiger partial charge in [-0.05, 0) is 53.6 Å². The van der Waals surface area contributed by atoms with Crippen LogP contribution in [0.25, 0.3) is 22.4 Å². The molecular weight excluding hydrogens is 422 g/mol. The quantitative estimate of drug-likeness (QED) is 0.460. The number of hydrogen-bond acceptors (Lipinski definition) is 1. The smallest absolute Gasteiger partial charge is 0.356 e. The van der Waals surface area contributed by atoms with Crippen molar-refractivity contribution in [2.45, 2.75) is 18.0 Å². The van der Waals surface area contributed by atoms with E-state index in [1.807, 2.05) is 0 Å². The van der Waals surface area contributed by atoms with Crippen LogP contribution in [0.5, 0.6) is 0 Å². The monoisotopic (exact) mass is 435 g/mol. The van der Waals surface area contributed by atoms with Crippen molar-refractivity contribution >= 4 is 0 Å². The van der Waals surface area contributed by atoms with E-state index in [0.29, 0.717) is 13.2 Å². The Morgan fingerprint density at radius 2 is 1.13 bits per heavy atom. The first-order valence-electron chi connectivity index (χ1n) is 8.34. The Hall–Kier alpha value is -2.88. The maximum atomic E-state index is 13.6. The van der Waals surface area contributed by atoms with Crippen molar-refractivity contribution in [1.82, 2.24) is 4.98 Å². The Bertz CT molecular complexity index is 940. The molecular formula is C20H13F8NO. The average molecular weight is 435 g/mol. The van der Waals surface area contributed by atoms with Gasteiger partial charge in [-0.15, -0.1) is 0 Å². The maximum Gasteiger partial charge on any atom is 0.432 e. The van der Waals surface area contributed by atoms with Gasteiger partial charge in [-0.1, -0.05) is 12.1 Å². The van der Waals surface area contributed by atoms with Crippen LogP contribution in [0, 0.1) is 11.6 Å². The van der Waals surface area contributed by atoms with Crippen LogP contribution in [-0.2, 0) is 10.3 Å². The summed E-state index contributed by atoms with van der Waals surface area (Å²) >= 11 is 0. The number of hydrogen-bond donors (Lipinski definition) is 1. The predicted octanol–water partition coefficient (Wildman–Crippen LogP) is 6.59. The van der Waals surface area contributed by atoms with Gasteiger partial charge in [-0.3, -0.25) is 0 Å². The van der Waals surface area contributed by atoms with Crippen LogP contribution >= 0.6 is 0 Å². The molecule has 0 saturated carbocycles. The van der Waals surface area contributed by atoms with Gasteiger partial charge in [0.05, 0.1) is 11.4 Å². The fraction of sp³-hybridized carbons (Fsp3) is 0.200. The lowest BCUT2D eigenvalue weighted by Gasteiger charge is -2.35. The highest BCUT2D eigenvalue weighted by Gasteiger charge is 2.74. The number of nitrogens with one attached hydrogen (secondary N) is 1. The molecule has 160 valence electrons. The molecule has 3 rings (SSSR count). The van der Waals surface area contributed by atoms with E-state index >= 15 is 0 Å². The molecule has 0 saturated heterocycles. The second-order valence-corrected chi connectivity index (χ2v) is 6.37. The molecule has 0 fully saturated rings. The summed E-state index contributed by atoms with van der Waals surface area (Å²) in [6.45, 7) is 0. The molecule has 0 aliphatic heterocycles. The first kappa shape index (κ1) is 21.8. The molecule has 2 nitrogen and oxygen atoms in total. The third-order valence-corrected chi connectivity index (χ3v) is 4.59. The average Bonchev–Trinajstić information content (AvgIpc) is 3.06. The Morgan fingerprint density at radius 1 is 0.700 bits per heavy atom. The van der Waals surface area contributed by atoms with E-state index in [0.717, 1.165) is 24.3 Å². The molecule has 0 aliphatic rings. The molecule has 0 bridgehead atoms. The van der Waals surface area contributed by atoms with Gasteiger partial charge < -0.3 is 9.72 Å². The third-order valence-electron chi connectivity index (χ3n) is 4.59. The van der Waals surface area contributed by atoms with Crippen LogP contribution < -0.4 is 0 Å². The highest BCUT2D eigenvalue weighted by Crippen LogP contribution is 2.53. The first-order chi connectivity index (χ1) is 13.9. The number of ether oxygens (including phenoxy) is 1. The van der Waals surface area contributed by atoms with E-state index in [1.54, 1.807) is 0 Å². The third kappa shape index (κ3) is 3.55. The van der Waals surface area contributed by atoms with Crippen molar-refractivity contribution in [3.05, 3.63) is 71.9 Å². The molecule has 1 N–H and O–H groups in total. The standard InChI is InChI=1S/C20H13F8NO/c1-30-18(19(23,24)25,20(26,27)28)16-10-15(11-2-6-13(21)7-3-11)17(29-16)12-4-8-14(22)9-5-12/h2-10,29H,1H3. The van der Waals surface area contributed by atoms with Crippen molar-refractivity contribution in [2.75, 3.05) is 7.11 Å². The predicted molar refractivity (Wildman–Crippen MR) is 92.4 cm³/mol. The molecule has 1 aromatic heterocycles. The highest BCUT2D eigenvalue weighted by molar-refractivity contribution is 5.82. The minimum Gasteiger partial charge on any atom is -0.356 e. The van der Waals surface area contributed by atoms with Gasteiger partial charge in [0.2, 0.25) is 0 Å². The largest absolute Gasteiger partial charge is 0.432 e. The summed E-state index contributed by atoms with van der Waals surface area (Å²) < 4.78 is 112. The summed E-state index contributed by atoms with van der Waals surface area (Å²) in [6, 6.07) is 9.44. The number of rotatable bonds is 4. The molecule has 3 aromatic rings. The maximum absolute atomic E-state index is 13.6. The molecule has 0 spiro atoms. The SMILES string of the molecule is COC(c1cc(-c2ccc(F)cc2)c(-c2ccc(F)cc2)[nH]1)(C(F)(F)F)C(F)(F)F. The van der Waals surface area contributed by atoms with Gasteiger partial charge in [-0.2, -0.15) is 26.3 Å². The number of aromatic amines is 1. The van der Waals surface area contributed by atoms with Gasteiger partial charge in [0.1, 0.15) is 11.6 Å². The zero-order valence-corrected chi connectivity index (χ0v) is 15.1. The molecule has 0 aliphatic carbocycles. The van der Waals surface area contributed by atoms with Crippen molar-refractivity contribution in [3.8, 4) is 22.4 Å². The second kappa shape index (κ2) is 7.42. The lowest BCUT2D eigenvalue weighted by atomic mass is 9.96. The van der Waals surface area contributed by atoms with E-state index in [2.05, 4.69) is 9.72 Å². The number of alkyl halides is 6. The summed E-state index contributed by atoms with van der Waals surface area (Å²) in [5.41, 5.74) is -5.90. The summed E-state index contributed by atoms with van der Waals surface area (Å²) in [7, 11) is 0.303. The Balaban J connectivity index is 2.33. The summed E-state index contributed by atoms with van der Waals surface area (Å²) in [5.74, 6) is -1.29. The summed E-state index contributed by atoms with van der Waals surface area (Å²) in [5, 5.41) is 0. The number of H-pyrrole nitrogens is 1. The van der Waals surface area contributed by atoms with Crippen molar-refractivity contribution in [3.63, 3.8) is 0 Å². The van der Waals surface area contributed by atoms with Gasteiger partial charge in [0.15, 0.2) is 0 Å². The van der Waals surface area contributed by atoms with Crippen molar-refractivity contribution < 1.29 is 39.9 Å². The van der Waals surface area contributed by atoms with E-state index < -0.39 is 35.3 Å². The lowest BCUT2D eigenvalue weighted by Crippen LogP contribution is -2.55. The Morgan fingerprint density at radius 3 is 1.53 bits per heavy atom. The van der Waals surface area contributed by atoms with Crippen LogP contribution in [0.2, 0.25) is 0 Å². The lowest BCUT2D eigenvalue weighted by molar-refractivity contribution is -0.384. The first-order valence-corrected chi connectivity index (χ1v) is 8.34. The summed E-state index contributed by atoms with van der Waals surface area (Å²) in [4.78, 5) is 2.15. The van der Waals surface area contributed by atoms with E-state index in [1.165, 1.54) is 24.3 Å². The minimum atomic E-state index is -5.86. The van der Waals surface area contributed by atoms with Gasteiger partial charge in [0, 0.05) is 12.7 Å². The van der Waals surface area contributed by atoms with Crippen LogP contribution in [0.3, 0.4) is 0 Å². The van der Waals surface area contributed by atoms with Crippen molar-refractivity contribution in [1.29, 1.82) is 0 Å². The number of halogens is 8. The van der Waals surface area contributed by atoms with Crippen LogP contribution in [0.4, 0.5) is 35.1 Å². The number of methoxy groups -OCH3 is 1. The molecule has 10 heteroatoms. The van der Waals surface area contributed by atoms with Crippen molar-refractivity contribution in [2.24, 2.45) is 0 Å².